The van der Waals surface area contributed by atoms with Gasteiger partial charge in [-0.3, -0.25) is 14.3 Å². The van der Waals surface area contributed by atoms with Gasteiger partial charge in [-0.2, -0.15) is 5.10 Å². The molecule has 2 amide bonds. The number of hydrogen-bond acceptors (Lipinski definition) is 5. The number of amides is 2. The zero-order valence-electron chi connectivity index (χ0n) is 20.3. The maximum Gasteiger partial charge on any atom is 0.358 e. The predicted molar refractivity (Wildman–Crippen MR) is 127 cm³/mol. The Morgan fingerprint density at radius 1 is 1.18 bits per heavy atom. The van der Waals surface area contributed by atoms with E-state index in [9.17, 15) is 14.4 Å². The van der Waals surface area contributed by atoms with E-state index in [4.69, 9.17) is 4.74 Å². The van der Waals surface area contributed by atoms with Crippen molar-refractivity contribution in [1.29, 1.82) is 0 Å². The molecule has 1 aliphatic heterocycles. The lowest BCUT2D eigenvalue weighted by atomic mass is 9.92. The second kappa shape index (κ2) is 9.99. The molecular formula is C26H34N4O4. The minimum atomic E-state index is -1.16. The van der Waals surface area contributed by atoms with Gasteiger partial charge in [0.05, 0.1) is 13.2 Å². The molecule has 2 aliphatic rings. The van der Waals surface area contributed by atoms with Crippen LogP contribution in [0.5, 0.6) is 0 Å². The molecule has 2 heterocycles. The molecule has 1 N–H and O–H groups in total. The van der Waals surface area contributed by atoms with Gasteiger partial charge in [0.2, 0.25) is 5.91 Å². The molecule has 0 radical (unpaired) electrons. The summed E-state index contributed by atoms with van der Waals surface area (Å²) in [6, 6.07) is 9.43. The van der Waals surface area contributed by atoms with Crippen LogP contribution in [-0.4, -0.2) is 50.7 Å². The maximum atomic E-state index is 13.7. The summed E-state index contributed by atoms with van der Waals surface area (Å²) < 4.78 is 6.55. The van der Waals surface area contributed by atoms with Crippen LogP contribution in [0.2, 0.25) is 0 Å². The Morgan fingerprint density at radius 2 is 1.88 bits per heavy atom. The Hall–Kier alpha value is -3.16. The normalized spacial score (nSPS) is 21.0. The Labute approximate surface area is 200 Å². The van der Waals surface area contributed by atoms with Gasteiger partial charge in [0.25, 0.3) is 5.91 Å². The van der Waals surface area contributed by atoms with Crippen molar-refractivity contribution >= 4 is 17.8 Å². The molecule has 0 bridgehead atoms. The lowest BCUT2D eigenvalue weighted by molar-refractivity contribution is -0.134. The van der Waals surface area contributed by atoms with Crippen molar-refractivity contribution in [2.75, 3.05) is 6.61 Å². The fourth-order valence-electron chi connectivity index (χ4n) is 4.92. The number of carbonyl (C=O) groups is 3. The highest BCUT2D eigenvalue weighted by molar-refractivity contribution is 6.01. The van der Waals surface area contributed by atoms with Crippen LogP contribution in [0.15, 0.2) is 30.3 Å². The first-order valence-electron chi connectivity index (χ1n) is 12.3. The van der Waals surface area contributed by atoms with Gasteiger partial charge in [-0.05, 0) is 44.7 Å². The second-order valence-electron chi connectivity index (χ2n) is 9.55. The zero-order valence-corrected chi connectivity index (χ0v) is 20.3. The lowest BCUT2D eigenvalue weighted by Crippen LogP contribution is -2.64. The van der Waals surface area contributed by atoms with Gasteiger partial charge < -0.3 is 15.0 Å². The molecule has 1 aliphatic carbocycles. The summed E-state index contributed by atoms with van der Waals surface area (Å²) in [5, 5.41) is 7.57. The first-order valence-corrected chi connectivity index (χ1v) is 12.3. The van der Waals surface area contributed by atoms with E-state index < -0.39 is 11.5 Å². The predicted octanol–water partition coefficient (Wildman–Crippen LogP) is 3.62. The van der Waals surface area contributed by atoms with E-state index in [0.717, 1.165) is 36.8 Å². The number of fused-ring (bicyclic) bond motifs is 1. The molecule has 1 aromatic heterocycles. The van der Waals surface area contributed by atoms with Crippen molar-refractivity contribution in [1.82, 2.24) is 20.0 Å². The molecule has 0 spiro atoms. The molecule has 0 unspecified atom stereocenters. The standard InChI is InChI=1S/C26H34N4O4/c1-4-34-24(32)21-15-22-23(31)29(16-19-12-10-9-11-18(19)2)26(3,17-30(22)28-21)25(33)27-20-13-7-5-6-8-14-20/h9-12,15,20H,4-8,13-14,16-17H2,1-3H3,(H,27,33)/t26-/m1/s1. The van der Waals surface area contributed by atoms with E-state index in [1.165, 1.54) is 23.6 Å². The number of aromatic nitrogens is 2. The number of rotatable bonds is 6. The molecule has 34 heavy (non-hydrogen) atoms. The number of esters is 1. The Bertz CT molecular complexity index is 1070. The zero-order chi connectivity index (χ0) is 24.3. The average Bonchev–Trinajstić information content (AvgIpc) is 3.07. The number of nitrogens with one attached hydrogen (secondary N) is 1. The molecular weight excluding hydrogens is 432 g/mol. The topological polar surface area (TPSA) is 93.5 Å². The van der Waals surface area contributed by atoms with Crippen molar-refractivity contribution in [2.24, 2.45) is 0 Å². The summed E-state index contributed by atoms with van der Waals surface area (Å²) in [5.74, 6) is -1.08. The van der Waals surface area contributed by atoms with E-state index in [2.05, 4.69) is 10.4 Å². The van der Waals surface area contributed by atoms with E-state index >= 15 is 0 Å². The Kier molecular flexibility index (Phi) is 7.05. The largest absolute Gasteiger partial charge is 0.461 e. The van der Waals surface area contributed by atoms with Crippen molar-refractivity contribution < 1.29 is 19.1 Å². The molecule has 2 aromatic rings. The molecule has 8 nitrogen and oxygen atoms in total. The summed E-state index contributed by atoms with van der Waals surface area (Å²) in [4.78, 5) is 41.4. The molecule has 1 aromatic carbocycles. The third-order valence-corrected chi connectivity index (χ3v) is 7.05. The van der Waals surface area contributed by atoms with Gasteiger partial charge >= 0.3 is 5.97 Å². The number of carbonyl (C=O) groups excluding carboxylic acids is 3. The third-order valence-electron chi connectivity index (χ3n) is 7.05. The van der Waals surface area contributed by atoms with Crippen LogP contribution in [0, 0.1) is 6.92 Å². The van der Waals surface area contributed by atoms with Crippen molar-refractivity contribution in [3.05, 3.63) is 52.8 Å². The molecule has 1 saturated carbocycles. The number of nitrogens with zero attached hydrogens (tertiary/aromatic N) is 3. The van der Waals surface area contributed by atoms with E-state index in [-0.39, 0.29) is 42.4 Å². The minimum Gasteiger partial charge on any atom is -0.461 e. The van der Waals surface area contributed by atoms with Crippen molar-refractivity contribution in [3.8, 4) is 0 Å². The Balaban J connectivity index is 1.69. The molecule has 1 fully saturated rings. The minimum absolute atomic E-state index is 0.0782. The van der Waals surface area contributed by atoms with Crippen LogP contribution >= 0.6 is 0 Å². The molecule has 4 rings (SSSR count). The van der Waals surface area contributed by atoms with E-state index in [1.807, 2.05) is 31.2 Å². The fourth-order valence-corrected chi connectivity index (χ4v) is 4.92. The number of benzene rings is 1. The van der Waals surface area contributed by atoms with Gasteiger partial charge in [-0.15, -0.1) is 0 Å². The first kappa shape index (κ1) is 24.0. The van der Waals surface area contributed by atoms with Gasteiger partial charge in [0.1, 0.15) is 11.2 Å². The van der Waals surface area contributed by atoms with Gasteiger partial charge in [-0.25, -0.2) is 4.79 Å². The smallest absolute Gasteiger partial charge is 0.358 e. The maximum absolute atomic E-state index is 13.7. The summed E-state index contributed by atoms with van der Waals surface area (Å²) in [5.41, 5.74) is 1.23. The van der Waals surface area contributed by atoms with Crippen molar-refractivity contribution in [3.63, 3.8) is 0 Å². The van der Waals surface area contributed by atoms with E-state index in [0.29, 0.717) is 6.54 Å². The summed E-state index contributed by atoms with van der Waals surface area (Å²) >= 11 is 0. The average molecular weight is 467 g/mol. The fraction of sp³-hybridized carbons (Fsp3) is 0.538. The summed E-state index contributed by atoms with van der Waals surface area (Å²) in [7, 11) is 0. The van der Waals surface area contributed by atoms with Crippen LogP contribution in [-0.2, 0) is 22.6 Å². The number of aryl methyl sites for hydroxylation is 1. The number of hydrogen-bond donors (Lipinski definition) is 1. The molecule has 8 heteroatoms. The monoisotopic (exact) mass is 466 g/mol. The number of ether oxygens (including phenoxy) is 1. The van der Waals surface area contributed by atoms with Gasteiger partial charge in [0.15, 0.2) is 5.69 Å². The highest BCUT2D eigenvalue weighted by Gasteiger charge is 2.48. The highest BCUT2D eigenvalue weighted by Crippen LogP contribution is 2.31. The third kappa shape index (κ3) is 4.72. The van der Waals surface area contributed by atoms with Crippen molar-refractivity contribution in [2.45, 2.75) is 84.0 Å². The van der Waals surface area contributed by atoms with Crippen LogP contribution in [0.4, 0.5) is 0 Å². The van der Waals surface area contributed by atoms with Gasteiger partial charge in [-0.1, -0.05) is 49.9 Å². The van der Waals surface area contributed by atoms with Crippen LogP contribution < -0.4 is 5.32 Å². The SMILES string of the molecule is CCOC(=O)c1cc2n(n1)C[C@](C)(C(=O)NC1CCCCCC1)N(Cc1ccccc1C)C2=O. The molecule has 0 saturated heterocycles. The Morgan fingerprint density at radius 3 is 2.56 bits per heavy atom. The van der Waals surface area contributed by atoms with Crippen LogP contribution in [0.3, 0.4) is 0 Å². The summed E-state index contributed by atoms with van der Waals surface area (Å²) in [6.45, 7) is 6.19. The summed E-state index contributed by atoms with van der Waals surface area (Å²) in [6.07, 6.45) is 6.48. The van der Waals surface area contributed by atoms with Gasteiger partial charge in [0, 0.05) is 18.7 Å². The highest BCUT2D eigenvalue weighted by atomic mass is 16.5. The lowest BCUT2D eigenvalue weighted by Gasteiger charge is -2.44. The first-order chi connectivity index (χ1) is 16.3. The molecule has 1 atom stereocenters. The van der Waals surface area contributed by atoms with E-state index in [1.54, 1.807) is 18.7 Å². The molecule has 182 valence electrons. The second-order valence-corrected chi connectivity index (χ2v) is 9.55. The quantitative estimate of drug-likeness (QED) is 0.518. The van der Waals surface area contributed by atoms with Crippen LogP contribution in [0.25, 0.3) is 0 Å². The van der Waals surface area contributed by atoms with Crippen LogP contribution in [0.1, 0.15) is 84.5 Å².